The van der Waals surface area contributed by atoms with Gasteiger partial charge in [-0.05, 0) is 96.9 Å². The molecule has 0 radical (unpaired) electrons. The summed E-state index contributed by atoms with van der Waals surface area (Å²) in [6, 6.07) is 6.30. The third-order valence-corrected chi connectivity index (χ3v) is 9.15. The Morgan fingerprint density at radius 1 is 1.03 bits per heavy atom. The summed E-state index contributed by atoms with van der Waals surface area (Å²) in [6.45, 7) is 11.1. The van der Waals surface area contributed by atoms with Gasteiger partial charge in [0.05, 0.1) is 0 Å². The van der Waals surface area contributed by atoms with Crippen molar-refractivity contribution in [2.45, 2.75) is 116 Å². The second-order valence-corrected chi connectivity index (χ2v) is 11.4. The van der Waals surface area contributed by atoms with Crippen molar-refractivity contribution in [2.24, 2.45) is 17.3 Å². The van der Waals surface area contributed by atoms with E-state index in [0.29, 0.717) is 36.3 Å². The lowest BCUT2D eigenvalue weighted by Gasteiger charge is -2.49. The highest BCUT2D eigenvalue weighted by atomic mass is 16.5. The van der Waals surface area contributed by atoms with E-state index in [1.807, 2.05) is 6.07 Å². The van der Waals surface area contributed by atoms with Crippen molar-refractivity contribution in [1.29, 1.82) is 0 Å². The van der Waals surface area contributed by atoms with Gasteiger partial charge in [0, 0.05) is 12.8 Å². The Morgan fingerprint density at radius 3 is 2.46 bits per heavy atom. The first-order chi connectivity index (χ1) is 16.9. The normalized spacial score (nSPS) is 29.2. The molecule has 3 aliphatic rings. The van der Waals surface area contributed by atoms with E-state index in [1.54, 1.807) is 0 Å². The molecule has 5 atom stereocenters. The van der Waals surface area contributed by atoms with Gasteiger partial charge in [-0.3, -0.25) is 9.59 Å². The zero-order valence-corrected chi connectivity index (χ0v) is 22.1. The van der Waals surface area contributed by atoms with Gasteiger partial charge in [-0.2, -0.15) is 0 Å². The number of benzene rings is 1. The van der Waals surface area contributed by atoms with Crippen molar-refractivity contribution >= 4 is 11.9 Å². The molecule has 4 heteroatoms. The molecule has 0 heterocycles. The largest absolute Gasteiger partial charge is 0.458 e. The highest BCUT2D eigenvalue weighted by Crippen LogP contribution is 2.63. The van der Waals surface area contributed by atoms with Crippen molar-refractivity contribution in [3.8, 4) is 5.75 Å². The predicted octanol–water partition coefficient (Wildman–Crippen LogP) is 7.69. The standard InChI is InChI=1S/C31H44O4/c1-5-7-9-11-29(32)34-23-14-16-24-22(19-23)13-15-26-25(24)17-18-31(4)21(3)28(20-27(26)31)35-30(33)12-10-8-6-2/h14,16,19,25-28H,3,5-13,15,17-18,20H2,1-2,4H3/t25-,26-,27+,28-,31-/m1/s1. The first-order valence-corrected chi connectivity index (χ1v) is 14.1. The van der Waals surface area contributed by atoms with Gasteiger partial charge in [0.1, 0.15) is 11.9 Å². The van der Waals surface area contributed by atoms with E-state index in [9.17, 15) is 9.59 Å². The number of unbranched alkanes of at least 4 members (excludes halogenated alkanes) is 4. The van der Waals surface area contributed by atoms with Crippen molar-refractivity contribution in [3.05, 3.63) is 41.5 Å². The molecule has 35 heavy (non-hydrogen) atoms. The Labute approximate surface area is 211 Å². The van der Waals surface area contributed by atoms with Gasteiger partial charge >= 0.3 is 11.9 Å². The third-order valence-electron chi connectivity index (χ3n) is 9.15. The van der Waals surface area contributed by atoms with Crippen LogP contribution in [0.1, 0.15) is 115 Å². The Kier molecular flexibility index (Phi) is 8.39. The van der Waals surface area contributed by atoms with Crippen LogP contribution in [0.5, 0.6) is 5.75 Å². The molecule has 4 rings (SSSR count). The van der Waals surface area contributed by atoms with E-state index in [-0.39, 0.29) is 23.5 Å². The molecule has 2 fully saturated rings. The number of carbonyl (C=O) groups is 2. The van der Waals surface area contributed by atoms with E-state index in [1.165, 1.54) is 11.1 Å². The maximum absolute atomic E-state index is 12.5. The minimum atomic E-state index is -0.131. The minimum absolute atomic E-state index is 0.0565. The van der Waals surface area contributed by atoms with Gasteiger partial charge in [0.2, 0.25) is 0 Å². The number of hydrogen-bond acceptors (Lipinski definition) is 4. The Balaban J connectivity index is 1.42. The highest BCUT2D eigenvalue weighted by Gasteiger charge is 2.56. The van der Waals surface area contributed by atoms with E-state index >= 15 is 0 Å². The summed E-state index contributed by atoms with van der Waals surface area (Å²) in [5.74, 6) is 2.12. The van der Waals surface area contributed by atoms with Gasteiger partial charge in [0.15, 0.2) is 0 Å². The number of aryl methyl sites for hydroxylation is 1. The maximum Gasteiger partial charge on any atom is 0.311 e. The van der Waals surface area contributed by atoms with Crippen LogP contribution in [-0.4, -0.2) is 18.0 Å². The van der Waals surface area contributed by atoms with Gasteiger partial charge in [-0.15, -0.1) is 0 Å². The quantitative estimate of drug-likeness (QED) is 0.149. The average molecular weight is 481 g/mol. The Morgan fingerprint density at radius 2 is 1.74 bits per heavy atom. The molecule has 0 spiro atoms. The first kappa shape index (κ1) is 26.0. The van der Waals surface area contributed by atoms with Crippen LogP contribution in [0, 0.1) is 17.3 Å². The molecule has 0 N–H and O–H groups in total. The fourth-order valence-corrected chi connectivity index (χ4v) is 7.07. The van der Waals surface area contributed by atoms with Crippen LogP contribution in [0.3, 0.4) is 0 Å². The zero-order valence-electron chi connectivity index (χ0n) is 22.1. The molecule has 1 aromatic rings. The van der Waals surface area contributed by atoms with Gasteiger partial charge in [-0.1, -0.05) is 59.1 Å². The zero-order chi connectivity index (χ0) is 25.0. The van der Waals surface area contributed by atoms with E-state index in [2.05, 4.69) is 39.5 Å². The topological polar surface area (TPSA) is 52.6 Å². The lowest BCUT2D eigenvalue weighted by Crippen LogP contribution is -2.40. The summed E-state index contributed by atoms with van der Waals surface area (Å²) in [5.41, 5.74) is 3.96. The molecular weight excluding hydrogens is 436 g/mol. The number of hydrogen-bond donors (Lipinski definition) is 0. The fraction of sp³-hybridized carbons (Fsp3) is 0.677. The number of fused-ring (bicyclic) bond motifs is 5. The molecule has 192 valence electrons. The lowest BCUT2D eigenvalue weighted by atomic mass is 9.55. The van der Waals surface area contributed by atoms with Crippen LogP contribution in [0.4, 0.5) is 0 Å². The molecule has 0 bridgehead atoms. The third kappa shape index (κ3) is 5.52. The number of esters is 2. The SMILES string of the molecule is C=C1[C@H](OC(=O)CCCCC)C[C@H]2[C@@H]3CCc4cc(OC(=O)CCCCC)ccc4[C@H]3CC[C@]12C. The highest BCUT2D eigenvalue weighted by molar-refractivity contribution is 5.72. The van der Waals surface area contributed by atoms with Crippen molar-refractivity contribution < 1.29 is 19.1 Å². The molecule has 0 unspecified atom stereocenters. The van der Waals surface area contributed by atoms with Crippen LogP contribution in [0.25, 0.3) is 0 Å². The molecule has 3 aliphatic carbocycles. The summed E-state index contributed by atoms with van der Waals surface area (Å²) in [7, 11) is 0. The monoisotopic (exact) mass is 480 g/mol. The van der Waals surface area contributed by atoms with Crippen LogP contribution >= 0.6 is 0 Å². The molecule has 1 aromatic carbocycles. The van der Waals surface area contributed by atoms with E-state index < -0.39 is 0 Å². The van der Waals surface area contributed by atoms with Crippen molar-refractivity contribution in [1.82, 2.24) is 0 Å². The number of carbonyl (C=O) groups excluding carboxylic acids is 2. The molecular formula is C31H44O4. The summed E-state index contributed by atoms with van der Waals surface area (Å²) < 4.78 is 11.6. The molecule has 0 saturated heterocycles. The van der Waals surface area contributed by atoms with Crippen LogP contribution in [-0.2, 0) is 20.7 Å². The molecule has 2 saturated carbocycles. The predicted molar refractivity (Wildman–Crippen MR) is 139 cm³/mol. The summed E-state index contributed by atoms with van der Waals surface area (Å²) in [5, 5.41) is 0. The smallest absolute Gasteiger partial charge is 0.311 e. The molecule has 0 amide bonds. The maximum atomic E-state index is 12.5. The van der Waals surface area contributed by atoms with Gasteiger partial charge < -0.3 is 9.47 Å². The van der Waals surface area contributed by atoms with Crippen molar-refractivity contribution in [3.63, 3.8) is 0 Å². The summed E-state index contributed by atoms with van der Waals surface area (Å²) in [6.07, 6.45) is 12.3. The molecule has 0 aliphatic heterocycles. The second kappa shape index (κ2) is 11.3. The average Bonchev–Trinajstić information content (AvgIpc) is 3.09. The number of ether oxygens (including phenoxy) is 2. The van der Waals surface area contributed by atoms with Crippen LogP contribution < -0.4 is 4.74 Å². The first-order valence-electron chi connectivity index (χ1n) is 14.1. The van der Waals surface area contributed by atoms with Gasteiger partial charge in [0.25, 0.3) is 0 Å². The lowest BCUT2D eigenvalue weighted by molar-refractivity contribution is -0.147. The molecule has 4 nitrogen and oxygen atoms in total. The fourth-order valence-electron chi connectivity index (χ4n) is 7.07. The van der Waals surface area contributed by atoms with Gasteiger partial charge in [-0.25, -0.2) is 0 Å². The van der Waals surface area contributed by atoms with Crippen LogP contribution in [0.15, 0.2) is 30.4 Å². The second-order valence-electron chi connectivity index (χ2n) is 11.4. The van der Waals surface area contributed by atoms with E-state index in [4.69, 9.17) is 9.47 Å². The minimum Gasteiger partial charge on any atom is -0.458 e. The van der Waals surface area contributed by atoms with E-state index in [0.717, 1.165) is 76.2 Å². The number of rotatable bonds is 10. The Hall–Kier alpha value is -2.10. The van der Waals surface area contributed by atoms with Crippen molar-refractivity contribution in [2.75, 3.05) is 0 Å². The summed E-state index contributed by atoms with van der Waals surface area (Å²) in [4.78, 5) is 24.6. The Bertz CT molecular complexity index is 934. The van der Waals surface area contributed by atoms with Crippen LogP contribution in [0.2, 0.25) is 0 Å². The molecule has 0 aromatic heterocycles. The summed E-state index contributed by atoms with van der Waals surface area (Å²) >= 11 is 0.